The van der Waals surface area contributed by atoms with Gasteiger partial charge in [0.05, 0.1) is 0 Å². The Balaban J connectivity index is 2.53. The molecule has 0 aliphatic carbocycles. The summed E-state index contributed by atoms with van der Waals surface area (Å²) in [5.41, 5.74) is -0.376. The van der Waals surface area contributed by atoms with Gasteiger partial charge in [0.2, 0.25) is 0 Å². The fraction of sp³-hybridized carbons (Fsp3) is 0.167. The largest absolute Gasteiger partial charge is 0.481 e. The minimum Gasteiger partial charge on any atom is -0.481 e. The lowest BCUT2D eigenvalue weighted by Crippen LogP contribution is -2.37. The molecule has 0 heterocycles. The van der Waals surface area contributed by atoms with Crippen LogP contribution >= 0.6 is 0 Å². The first-order valence-electron chi connectivity index (χ1n) is 4.95. The van der Waals surface area contributed by atoms with Crippen LogP contribution in [0.5, 0.6) is 5.75 Å². The summed E-state index contributed by atoms with van der Waals surface area (Å²) in [6.45, 7) is 4.72. The molecule has 0 fully saturated rings. The smallest absolute Gasteiger partial charge is 0.351 e. The van der Waals surface area contributed by atoms with Crippen molar-refractivity contribution in [1.29, 1.82) is 0 Å². The number of carbonyl (C=O) groups excluding carboxylic acids is 1. The van der Waals surface area contributed by atoms with Gasteiger partial charge in [-0.3, -0.25) is 4.79 Å². The Bertz CT molecular complexity index is 427. The molecule has 0 spiro atoms. The van der Waals surface area contributed by atoms with E-state index < -0.39 is 18.0 Å². The van der Waals surface area contributed by atoms with E-state index in [1.807, 2.05) is 6.07 Å². The third kappa shape index (κ3) is 3.98. The highest BCUT2D eigenvalue weighted by Crippen LogP contribution is 2.10. The maximum atomic E-state index is 11.5. The van der Waals surface area contributed by atoms with Gasteiger partial charge < -0.3 is 15.2 Å². The van der Waals surface area contributed by atoms with Gasteiger partial charge in [-0.15, -0.1) is 0 Å². The molecule has 0 aromatic heterocycles. The summed E-state index contributed by atoms with van der Waals surface area (Å²) in [5, 5.41) is 10.7. The average Bonchev–Trinajstić information content (AvgIpc) is 2.29. The van der Waals surface area contributed by atoms with Crippen molar-refractivity contribution < 1.29 is 19.4 Å². The molecule has 0 aliphatic rings. The van der Waals surface area contributed by atoms with Crippen molar-refractivity contribution in [2.45, 2.75) is 13.0 Å². The minimum atomic E-state index is -1.27. The molecule has 2 N–H and O–H groups in total. The Morgan fingerprint density at radius 2 is 1.94 bits per heavy atom. The molecule has 0 radical (unpaired) electrons. The van der Waals surface area contributed by atoms with Crippen molar-refractivity contribution >= 4 is 11.9 Å². The highest BCUT2D eigenvalue weighted by Gasteiger charge is 2.17. The Labute approximate surface area is 98.7 Å². The quantitative estimate of drug-likeness (QED) is 0.751. The first kappa shape index (κ1) is 12.8. The number of para-hydroxylation sites is 1. The van der Waals surface area contributed by atoms with Crippen LogP contribution in [-0.2, 0) is 9.59 Å². The van der Waals surface area contributed by atoms with Gasteiger partial charge in [-0.1, -0.05) is 24.8 Å². The van der Waals surface area contributed by atoms with Crippen LogP contribution in [0.15, 0.2) is 42.6 Å². The summed E-state index contributed by atoms with van der Waals surface area (Å²) in [5.74, 6) is -1.29. The van der Waals surface area contributed by atoms with Gasteiger partial charge in [0, 0.05) is 0 Å². The fourth-order valence-electron chi connectivity index (χ4n) is 1.06. The molecule has 1 aromatic carbocycles. The molecule has 1 atom stereocenters. The van der Waals surface area contributed by atoms with Crippen molar-refractivity contribution in [1.82, 2.24) is 5.32 Å². The van der Waals surface area contributed by atoms with E-state index in [1.54, 1.807) is 24.3 Å². The lowest BCUT2D eigenvalue weighted by atomic mass is 10.3. The summed E-state index contributed by atoms with van der Waals surface area (Å²) >= 11 is 0. The molecule has 1 aromatic rings. The number of rotatable bonds is 5. The van der Waals surface area contributed by atoms with Gasteiger partial charge in [-0.05, 0) is 19.1 Å². The molecule has 1 unspecified atom stereocenters. The topological polar surface area (TPSA) is 75.6 Å². The number of amides is 1. The third-order valence-corrected chi connectivity index (χ3v) is 1.96. The molecule has 0 bridgehead atoms. The fourth-order valence-corrected chi connectivity index (χ4v) is 1.06. The van der Waals surface area contributed by atoms with Gasteiger partial charge >= 0.3 is 5.97 Å². The zero-order valence-electron chi connectivity index (χ0n) is 9.34. The second kappa shape index (κ2) is 5.69. The number of carbonyl (C=O) groups is 2. The molecule has 0 saturated heterocycles. The van der Waals surface area contributed by atoms with E-state index in [9.17, 15) is 9.59 Å². The molecule has 17 heavy (non-hydrogen) atoms. The summed E-state index contributed by atoms with van der Waals surface area (Å²) in [6, 6.07) is 8.78. The Morgan fingerprint density at radius 3 is 2.47 bits per heavy atom. The van der Waals surface area contributed by atoms with Crippen molar-refractivity contribution in [3.63, 3.8) is 0 Å². The van der Waals surface area contributed by atoms with Crippen LogP contribution in [0.3, 0.4) is 0 Å². The number of carboxylic acid groups (broad SMARTS) is 1. The zero-order chi connectivity index (χ0) is 12.8. The van der Waals surface area contributed by atoms with Gasteiger partial charge in [-0.2, -0.15) is 0 Å². The number of hydrogen-bond donors (Lipinski definition) is 2. The zero-order valence-corrected chi connectivity index (χ0v) is 9.34. The van der Waals surface area contributed by atoms with Crippen molar-refractivity contribution in [2.75, 3.05) is 0 Å². The number of aliphatic carboxylic acids is 1. The predicted octanol–water partition coefficient (Wildman–Crippen LogP) is 1.17. The van der Waals surface area contributed by atoms with E-state index in [-0.39, 0.29) is 5.70 Å². The van der Waals surface area contributed by atoms with Gasteiger partial charge in [-0.25, -0.2) is 4.79 Å². The summed E-state index contributed by atoms with van der Waals surface area (Å²) < 4.78 is 5.31. The number of carboxylic acids is 1. The molecule has 1 rings (SSSR count). The maximum absolute atomic E-state index is 11.5. The Kier molecular flexibility index (Phi) is 4.28. The first-order chi connectivity index (χ1) is 8.00. The monoisotopic (exact) mass is 235 g/mol. The van der Waals surface area contributed by atoms with Crippen molar-refractivity contribution in [3.05, 3.63) is 42.6 Å². The molecule has 5 heteroatoms. The number of ether oxygens (including phenoxy) is 1. The van der Waals surface area contributed by atoms with E-state index in [0.717, 1.165) is 0 Å². The van der Waals surface area contributed by atoms with Crippen LogP contribution in [0, 0.1) is 0 Å². The lowest BCUT2D eigenvalue weighted by molar-refractivity contribution is -0.135. The Morgan fingerprint density at radius 1 is 1.35 bits per heavy atom. The summed E-state index contributed by atoms with van der Waals surface area (Å²) in [6.07, 6.45) is -0.798. The molecular formula is C12H13NO4. The van der Waals surface area contributed by atoms with Crippen molar-refractivity contribution in [2.24, 2.45) is 0 Å². The third-order valence-electron chi connectivity index (χ3n) is 1.96. The second-order valence-electron chi connectivity index (χ2n) is 3.35. The molecule has 5 nitrogen and oxygen atoms in total. The van der Waals surface area contributed by atoms with Crippen LogP contribution in [-0.4, -0.2) is 23.1 Å². The maximum Gasteiger partial charge on any atom is 0.351 e. The second-order valence-corrected chi connectivity index (χ2v) is 3.35. The van der Waals surface area contributed by atoms with Gasteiger partial charge in [0.1, 0.15) is 11.4 Å². The van der Waals surface area contributed by atoms with Crippen LogP contribution < -0.4 is 10.1 Å². The van der Waals surface area contributed by atoms with Crippen LogP contribution in [0.25, 0.3) is 0 Å². The lowest BCUT2D eigenvalue weighted by Gasteiger charge is -2.14. The minimum absolute atomic E-state index is 0.376. The summed E-state index contributed by atoms with van der Waals surface area (Å²) in [4.78, 5) is 22.0. The first-order valence-corrected chi connectivity index (χ1v) is 4.95. The highest BCUT2D eigenvalue weighted by molar-refractivity contribution is 5.93. The van der Waals surface area contributed by atoms with E-state index in [1.165, 1.54) is 6.92 Å². The van der Waals surface area contributed by atoms with E-state index >= 15 is 0 Å². The molecular weight excluding hydrogens is 222 g/mol. The Hall–Kier alpha value is -2.30. The standard InChI is InChI=1S/C12H13NO4/c1-8(12(15)16)13-11(14)9(2)17-10-6-4-3-5-7-10/h3-7,9H,1H2,2H3,(H,13,14)(H,15,16). The summed E-state index contributed by atoms with van der Waals surface area (Å²) in [7, 11) is 0. The molecule has 0 saturated carbocycles. The van der Waals surface area contributed by atoms with Crippen LogP contribution in [0.2, 0.25) is 0 Å². The van der Waals surface area contributed by atoms with E-state index in [0.29, 0.717) is 5.75 Å². The average molecular weight is 235 g/mol. The molecule has 1 amide bonds. The molecule has 0 aliphatic heterocycles. The van der Waals surface area contributed by atoms with Crippen LogP contribution in [0.4, 0.5) is 0 Å². The number of hydrogen-bond acceptors (Lipinski definition) is 3. The van der Waals surface area contributed by atoms with Gasteiger partial charge in [0.25, 0.3) is 5.91 Å². The van der Waals surface area contributed by atoms with E-state index in [4.69, 9.17) is 9.84 Å². The number of nitrogens with one attached hydrogen (secondary N) is 1. The predicted molar refractivity (Wildman–Crippen MR) is 61.5 cm³/mol. The van der Waals surface area contributed by atoms with Crippen LogP contribution in [0.1, 0.15) is 6.92 Å². The van der Waals surface area contributed by atoms with Gasteiger partial charge in [0.15, 0.2) is 6.10 Å². The SMILES string of the molecule is C=C(NC(=O)C(C)Oc1ccccc1)C(=O)O. The normalized spacial score (nSPS) is 11.4. The van der Waals surface area contributed by atoms with E-state index in [2.05, 4.69) is 11.9 Å². The number of benzene rings is 1. The van der Waals surface area contributed by atoms with Crippen molar-refractivity contribution in [3.8, 4) is 5.75 Å². The molecule has 90 valence electrons. The highest BCUT2D eigenvalue weighted by atomic mass is 16.5.